The lowest BCUT2D eigenvalue weighted by atomic mass is 9.79. The minimum Gasteiger partial charge on any atom is -0.310 e. The number of benzene rings is 2. The van der Waals surface area contributed by atoms with Crippen LogP contribution in [0.1, 0.15) is 22.6 Å². The molecule has 0 aliphatic carbocycles. The van der Waals surface area contributed by atoms with Crippen LogP contribution in [0.2, 0.25) is 0 Å². The molecular weight excluding hydrogens is 328 g/mol. The number of para-hydroxylation sites is 1. The summed E-state index contributed by atoms with van der Waals surface area (Å²) >= 11 is 0. The van der Waals surface area contributed by atoms with Gasteiger partial charge in [0, 0.05) is 5.92 Å². The maximum atomic E-state index is 13.1. The van der Waals surface area contributed by atoms with Crippen LogP contribution in [0.25, 0.3) is 5.69 Å². The van der Waals surface area contributed by atoms with Gasteiger partial charge in [-0.15, -0.1) is 0 Å². The van der Waals surface area contributed by atoms with Gasteiger partial charge in [0.05, 0.1) is 17.3 Å². The fraction of sp³-hybridized carbons (Fsp3) is 0.150. The largest absolute Gasteiger partial charge is 0.310 e. The Labute approximate surface area is 149 Å². The smallest absolute Gasteiger partial charge is 0.277 e. The number of carbonyl (C=O) groups is 1. The lowest BCUT2D eigenvalue weighted by Gasteiger charge is -2.26. The number of aromatic nitrogens is 2. The van der Waals surface area contributed by atoms with Crippen molar-refractivity contribution in [3.8, 4) is 11.8 Å². The quantitative estimate of drug-likeness (QED) is 0.749. The molecule has 0 fully saturated rings. The summed E-state index contributed by atoms with van der Waals surface area (Å²) in [7, 11) is 0. The Morgan fingerprint density at radius 1 is 1.04 bits per heavy atom. The van der Waals surface area contributed by atoms with Gasteiger partial charge in [0.1, 0.15) is 11.7 Å². The van der Waals surface area contributed by atoms with Gasteiger partial charge in [-0.05, 0) is 24.6 Å². The summed E-state index contributed by atoms with van der Waals surface area (Å²) in [6.45, 7) is 1.96. The van der Waals surface area contributed by atoms with Crippen molar-refractivity contribution in [2.24, 2.45) is 5.92 Å². The van der Waals surface area contributed by atoms with Crippen LogP contribution in [0.5, 0.6) is 0 Å². The SMILES string of the molecule is Cc1ccc(C2c3c([nH]n(-c4ccccc4)c3=O)NC(=O)C2C#N)cc1. The Bertz CT molecular complexity index is 1070. The van der Waals surface area contributed by atoms with E-state index in [2.05, 4.69) is 16.5 Å². The van der Waals surface area contributed by atoms with Crippen molar-refractivity contribution in [1.29, 1.82) is 5.26 Å². The van der Waals surface area contributed by atoms with Gasteiger partial charge in [0.15, 0.2) is 0 Å². The van der Waals surface area contributed by atoms with E-state index in [0.717, 1.165) is 11.1 Å². The molecule has 6 nitrogen and oxygen atoms in total. The molecule has 26 heavy (non-hydrogen) atoms. The number of hydrogen-bond donors (Lipinski definition) is 2. The van der Waals surface area contributed by atoms with Crippen LogP contribution in [0.3, 0.4) is 0 Å². The van der Waals surface area contributed by atoms with Crippen molar-refractivity contribution in [2.45, 2.75) is 12.8 Å². The third-order valence-electron chi connectivity index (χ3n) is 4.69. The third-order valence-corrected chi connectivity index (χ3v) is 4.69. The molecule has 0 saturated heterocycles. The van der Waals surface area contributed by atoms with Crippen molar-refractivity contribution >= 4 is 11.7 Å². The minimum atomic E-state index is -0.960. The molecule has 2 heterocycles. The Kier molecular flexibility index (Phi) is 3.70. The van der Waals surface area contributed by atoms with Crippen LogP contribution in [0.15, 0.2) is 59.4 Å². The summed E-state index contributed by atoms with van der Waals surface area (Å²) in [6, 6.07) is 18.7. The van der Waals surface area contributed by atoms with Crippen LogP contribution in [0.4, 0.5) is 5.82 Å². The van der Waals surface area contributed by atoms with Crippen LogP contribution in [0, 0.1) is 24.2 Å². The lowest BCUT2D eigenvalue weighted by Crippen LogP contribution is -2.35. The van der Waals surface area contributed by atoms with Gasteiger partial charge in [-0.1, -0.05) is 48.0 Å². The second-order valence-electron chi connectivity index (χ2n) is 6.36. The van der Waals surface area contributed by atoms with E-state index in [0.29, 0.717) is 17.1 Å². The Morgan fingerprint density at radius 2 is 1.73 bits per heavy atom. The first-order valence-electron chi connectivity index (χ1n) is 8.27. The highest BCUT2D eigenvalue weighted by Gasteiger charge is 2.40. The molecule has 1 amide bonds. The second kappa shape index (κ2) is 6.05. The van der Waals surface area contributed by atoms with Crippen molar-refractivity contribution < 1.29 is 4.79 Å². The molecule has 4 rings (SSSR count). The molecule has 2 atom stereocenters. The second-order valence-corrected chi connectivity index (χ2v) is 6.36. The molecule has 0 radical (unpaired) electrons. The molecule has 128 valence electrons. The first-order chi connectivity index (χ1) is 12.6. The minimum absolute atomic E-state index is 0.267. The Hall–Kier alpha value is -3.59. The fourth-order valence-electron chi connectivity index (χ4n) is 3.38. The van der Waals surface area contributed by atoms with Gasteiger partial charge < -0.3 is 5.32 Å². The number of aryl methyl sites for hydroxylation is 1. The monoisotopic (exact) mass is 344 g/mol. The summed E-state index contributed by atoms with van der Waals surface area (Å²) in [6.07, 6.45) is 0. The molecule has 0 bridgehead atoms. The zero-order valence-electron chi connectivity index (χ0n) is 14.1. The van der Waals surface area contributed by atoms with Gasteiger partial charge in [0.25, 0.3) is 5.56 Å². The summed E-state index contributed by atoms with van der Waals surface area (Å²) in [5.41, 5.74) is 2.64. The van der Waals surface area contributed by atoms with Gasteiger partial charge in [-0.2, -0.15) is 5.26 Å². The van der Waals surface area contributed by atoms with E-state index in [1.54, 1.807) is 12.1 Å². The Morgan fingerprint density at radius 3 is 2.38 bits per heavy atom. The number of nitriles is 1. The lowest BCUT2D eigenvalue weighted by molar-refractivity contribution is -0.119. The number of aromatic amines is 1. The molecule has 1 aromatic heterocycles. The molecule has 0 spiro atoms. The van der Waals surface area contributed by atoms with Gasteiger partial charge in [-0.25, -0.2) is 4.68 Å². The highest BCUT2D eigenvalue weighted by molar-refractivity contribution is 5.97. The first kappa shape index (κ1) is 15.9. The van der Waals surface area contributed by atoms with Crippen molar-refractivity contribution in [2.75, 3.05) is 5.32 Å². The van der Waals surface area contributed by atoms with Crippen LogP contribution in [-0.2, 0) is 4.79 Å². The maximum absolute atomic E-state index is 13.1. The number of hydrogen-bond acceptors (Lipinski definition) is 3. The highest BCUT2D eigenvalue weighted by Crippen LogP contribution is 2.38. The number of rotatable bonds is 2. The molecule has 0 saturated carbocycles. The van der Waals surface area contributed by atoms with E-state index in [1.165, 1.54) is 4.68 Å². The molecule has 2 unspecified atom stereocenters. The van der Waals surface area contributed by atoms with Crippen molar-refractivity contribution in [3.63, 3.8) is 0 Å². The number of H-pyrrole nitrogens is 1. The topological polar surface area (TPSA) is 90.7 Å². The predicted molar refractivity (Wildman–Crippen MR) is 97.1 cm³/mol. The number of anilines is 1. The van der Waals surface area contributed by atoms with Crippen LogP contribution >= 0.6 is 0 Å². The average molecular weight is 344 g/mol. The number of carbonyl (C=O) groups excluding carboxylic acids is 1. The van der Waals surface area contributed by atoms with Gasteiger partial charge in [-0.3, -0.25) is 14.7 Å². The van der Waals surface area contributed by atoms with E-state index in [-0.39, 0.29) is 5.56 Å². The standard InChI is InChI=1S/C20H16N4O2/c1-12-7-9-13(10-8-12)16-15(11-21)19(25)22-18-17(16)20(26)24(23-18)14-5-3-2-4-6-14/h2-10,15-16,23H,1H3,(H,22,25). The summed E-state index contributed by atoms with van der Waals surface area (Å²) in [5, 5.41) is 15.2. The number of nitrogens with zero attached hydrogens (tertiary/aromatic N) is 2. The van der Waals surface area contributed by atoms with E-state index < -0.39 is 17.7 Å². The van der Waals surface area contributed by atoms with Crippen LogP contribution in [-0.4, -0.2) is 15.7 Å². The predicted octanol–water partition coefficient (Wildman–Crippen LogP) is 2.70. The van der Waals surface area contributed by atoms with Crippen molar-refractivity contribution in [1.82, 2.24) is 9.78 Å². The fourth-order valence-corrected chi connectivity index (χ4v) is 3.38. The van der Waals surface area contributed by atoms with E-state index in [4.69, 9.17) is 0 Å². The average Bonchev–Trinajstić information content (AvgIpc) is 2.98. The summed E-state index contributed by atoms with van der Waals surface area (Å²) in [5.74, 6) is -1.64. The van der Waals surface area contributed by atoms with Gasteiger partial charge in [0.2, 0.25) is 5.91 Å². The zero-order valence-corrected chi connectivity index (χ0v) is 14.1. The number of nitrogens with one attached hydrogen (secondary N) is 2. The molecule has 2 aromatic carbocycles. The number of fused-ring (bicyclic) bond motifs is 1. The maximum Gasteiger partial charge on any atom is 0.277 e. The Balaban J connectivity index is 1.94. The zero-order chi connectivity index (χ0) is 18.3. The third kappa shape index (κ3) is 2.42. The summed E-state index contributed by atoms with van der Waals surface area (Å²) < 4.78 is 1.39. The molecular formula is C20H16N4O2. The van der Waals surface area contributed by atoms with Crippen molar-refractivity contribution in [3.05, 3.63) is 81.6 Å². The molecule has 6 heteroatoms. The first-order valence-corrected chi connectivity index (χ1v) is 8.27. The van der Waals surface area contributed by atoms with E-state index in [1.807, 2.05) is 49.4 Å². The molecule has 1 aliphatic heterocycles. The van der Waals surface area contributed by atoms with E-state index in [9.17, 15) is 14.9 Å². The number of amides is 1. The molecule has 3 aromatic rings. The summed E-state index contributed by atoms with van der Waals surface area (Å²) in [4.78, 5) is 25.5. The molecule has 1 aliphatic rings. The van der Waals surface area contributed by atoms with Crippen LogP contribution < -0.4 is 10.9 Å². The highest BCUT2D eigenvalue weighted by atomic mass is 16.2. The normalized spacial score (nSPS) is 18.7. The van der Waals surface area contributed by atoms with Gasteiger partial charge >= 0.3 is 0 Å². The van der Waals surface area contributed by atoms with E-state index >= 15 is 0 Å². The molecule has 2 N–H and O–H groups in total.